The standard InChI is InChI=1S/C23H26ClN5O2S/c1-5-29-21(16(4)25-22(31)17-8-10-18(24)11-9-17)27-28-23(29)32-13-20(30)26-19-12-14(2)6-7-15(19)3/h6-12,16H,5,13H2,1-4H3,(H,25,31)(H,26,30)/t16-/m1/s1. The third-order valence-corrected chi connectivity index (χ3v) is 6.12. The number of nitrogens with one attached hydrogen (secondary N) is 2. The molecular formula is C23H26ClN5O2S. The van der Waals surface area contributed by atoms with E-state index in [2.05, 4.69) is 20.8 Å². The van der Waals surface area contributed by atoms with Crippen LogP contribution in [0.1, 0.15) is 47.2 Å². The van der Waals surface area contributed by atoms with Crippen molar-refractivity contribution in [3.8, 4) is 0 Å². The molecule has 0 bridgehead atoms. The van der Waals surface area contributed by atoms with Crippen LogP contribution < -0.4 is 10.6 Å². The zero-order valence-electron chi connectivity index (χ0n) is 18.5. The average molecular weight is 472 g/mol. The maximum absolute atomic E-state index is 12.5. The summed E-state index contributed by atoms with van der Waals surface area (Å²) in [6.07, 6.45) is 0. The Kier molecular flexibility index (Phi) is 7.93. The first kappa shape index (κ1) is 23.8. The molecule has 0 aliphatic carbocycles. The van der Waals surface area contributed by atoms with Crippen molar-refractivity contribution in [2.75, 3.05) is 11.1 Å². The highest BCUT2D eigenvalue weighted by atomic mass is 35.5. The Morgan fingerprint density at radius 1 is 1.12 bits per heavy atom. The molecule has 3 rings (SSSR count). The van der Waals surface area contributed by atoms with Crippen molar-refractivity contribution in [1.82, 2.24) is 20.1 Å². The Morgan fingerprint density at radius 2 is 1.84 bits per heavy atom. The van der Waals surface area contributed by atoms with Gasteiger partial charge in [0.2, 0.25) is 5.91 Å². The van der Waals surface area contributed by atoms with Crippen LogP contribution in [0.15, 0.2) is 47.6 Å². The molecule has 0 saturated carbocycles. The molecule has 3 aromatic rings. The molecule has 1 aromatic heterocycles. The van der Waals surface area contributed by atoms with Gasteiger partial charge in [-0.25, -0.2) is 0 Å². The van der Waals surface area contributed by atoms with Gasteiger partial charge in [0.1, 0.15) is 0 Å². The van der Waals surface area contributed by atoms with Gasteiger partial charge in [0, 0.05) is 22.8 Å². The van der Waals surface area contributed by atoms with Gasteiger partial charge in [0.25, 0.3) is 5.91 Å². The number of rotatable bonds is 8. The van der Waals surface area contributed by atoms with E-state index in [-0.39, 0.29) is 23.6 Å². The lowest BCUT2D eigenvalue weighted by Gasteiger charge is -2.15. The third kappa shape index (κ3) is 5.89. The van der Waals surface area contributed by atoms with E-state index in [1.165, 1.54) is 11.8 Å². The smallest absolute Gasteiger partial charge is 0.251 e. The largest absolute Gasteiger partial charge is 0.342 e. The van der Waals surface area contributed by atoms with Crippen molar-refractivity contribution >= 4 is 40.9 Å². The second kappa shape index (κ2) is 10.7. The van der Waals surface area contributed by atoms with E-state index in [9.17, 15) is 9.59 Å². The minimum absolute atomic E-state index is 0.111. The van der Waals surface area contributed by atoms with Crippen molar-refractivity contribution in [1.29, 1.82) is 0 Å². The number of aromatic nitrogens is 3. The van der Waals surface area contributed by atoms with E-state index in [4.69, 9.17) is 11.6 Å². The first-order valence-corrected chi connectivity index (χ1v) is 11.6. The predicted molar refractivity (Wildman–Crippen MR) is 128 cm³/mol. The fourth-order valence-corrected chi connectivity index (χ4v) is 4.09. The summed E-state index contributed by atoms with van der Waals surface area (Å²) in [6.45, 7) is 8.39. The number of benzene rings is 2. The van der Waals surface area contributed by atoms with E-state index < -0.39 is 0 Å². The first-order valence-electron chi connectivity index (χ1n) is 10.3. The molecule has 2 amide bonds. The summed E-state index contributed by atoms with van der Waals surface area (Å²) in [5, 5.41) is 15.6. The van der Waals surface area contributed by atoms with Gasteiger partial charge in [-0.3, -0.25) is 9.59 Å². The summed E-state index contributed by atoms with van der Waals surface area (Å²) in [7, 11) is 0. The number of thioether (sulfide) groups is 1. The molecule has 9 heteroatoms. The van der Waals surface area contributed by atoms with Crippen LogP contribution in [0.25, 0.3) is 0 Å². The van der Waals surface area contributed by atoms with Gasteiger partial charge in [-0.05, 0) is 69.2 Å². The Labute approximate surface area is 197 Å². The zero-order chi connectivity index (χ0) is 23.3. The highest BCUT2D eigenvalue weighted by Crippen LogP contribution is 2.22. The topological polar surface area (TPSA) is 88.9 Å². The molecule has 0 aliphatic rings. The molecule has 0 unspecified atom stereocenters. The quantitative estimate of drug-likeness (QED) is 0.461. The number of nitrogens with zero attached hydrogens (tertiary/aromatic N) is 3. The van der Waals surface area contributed by atoms with E-state index >= 15 is 0 Å². The number of carbonyl (C=O) groups excluding carboxylic acids is 2. The third-order valence-electron chi connectivity index (χ3n) is 4.90. The Morgan fingerprint density at radius 3 is 2.53 bits per heavy atom. The van der Waals surface area contributed by atoms with Crippen LogP contribution in [-0.2, 0) is 11.3 Å². The average Bonchev–Trinajstić information content (AvgIpc) is 3.18. The van der Waals surface area contributed by atoms with Gasteiger partial charge in [-0.2, -0.15) is 0 Å². The second-order valence-electron chi connectivity index (χ2n) is 7.44. The minimum Gasteiger partial charge on any atom is -0.342 e. The molecule has 0 spiro atoms. The number of halogens is 1. The van der Waals surface area contributed by atoms with Crippen molar-refractivity contribution in [3.63, 3.8) is 0 Å². The number of anilines is 1. The lowest BCUT2D eigenvalue weighted by molar-refractivity contribution is -0.113. The van der Waals surface area contributed by atoms with Crippen molar-refractivity contribution in [3.05, 3.63) is 70.0 Å². The number of carbonyl (C=O) groups is 2. The van der Waals surface area contributed by atoms with Gasteiger partial charge in [-0.1, -0.05) is 35.5 Å². The fourth-order valence-electron chi connectivity index (χ4n) is 3.16. The van der Waals surface area contributed by atoms with Crippen LogP contribution in [0.3, 0.4) is 0 Å². The summed E-state index contributed by atoms with van der Waals surface area (Å²) in [5.74, 6) is 0.506. The molecule has 2 aromatic carbocycles. The number of amides is 2. The molecule has 1 atom stereocenters. The van der Waals surface area contributed by atoms with Crippen LogP contribution >= 0.6 is 23.4 Å². The van der Waals surface area contributed by atoms with Gasteiger partial charge in [0.05, 0.1) is 11.8 Å². The molecular weight excluding hydrogens is 446 g/mol. The summed E-state index contributed by atoms with van der Waals surface area (Å²) in [6, 6.07) is 12.3. The second-order valence-corrected chi connectivity index (χ2v) is 8.82. The predicted octanol–water partition coefficient (Wildman–Crippen LogP) is 4.79. The monoisotopic (exact) mass is 471 g/mol. The maximum atomic E-state index is 12.5. The number of hydrogen-bond donors (Lipinski definition) is 2. The molecule has 168 valence electrons. The van der Waals surface area contributed by atoms with Gasteiger partial charge >= 0.3 is 0 Å². The normalized spacial score (nSPS) is 11.8. The summed E-state index contributed by atoms with van der Waals surface area (Å²) < 4.78 is 1.91. The maximum Gasteiger partial charge on any atom is 0.251 e. The Bertz CT molecular complexity index is 1110. The van der Waals surface area contributed by atoms with Gasteiger partial charge < -0.3 is 15.2 Å². The SMILES string of the molecule is CCn1c(SCC(=O)Nc2cc(C)ccc2C)nnc1[C@@H](C)NC(=O)c1ccc(Cl)cc1. The molecule has 2 N–H and O–H groups in total. The van der Waals surface area contributed by atoms with E-state index in [0.29, 0.717) is 28.1 Å². The fraction of sp³-hybridized carbons (Fsp3) is 0.304. The molecule has 1 heterocycles. The molecule has 0 fully saturated rings. The lowest BCUT2D eigenvalue weighted by Crippen LogP contribution is -2.28. The lowest BCUT2D eigenvalue weighted by atomic mass is 10.1. The molecule has 0 radical (unpaired) electrons. The van der Waals surface area contributed by atoms with Crippen LogP contribution in [0.4, 0.5) is 5.69 Å². The Hall–Kier alpha value is -2.84. The first-order chi connectivity index (χ1) is 15.3. The van der Waals surface area contributed by atoms with Crippen LogP contribution in [0, 0.1) is 13.8 Å². The van der Waals surface area contributed by atoms with Gasteiger partial charge in [0.15, 0.2) is 11.0 Å². The van der Waals surface area contributed by atoms with Gasteiger partial charge in [-0.15, -0.1) is 10.2 Å². The van der Waals surface area contributed by atoms with E-state index in [0.717, 1.165) is 16.8 Å². The van der Waals surface area contributed by atoms with Crippen LogP contribution in [0.2, 0.25) is 5.02 Å². The summed E-state index contributed by atoms with van der Waals surface area (Å²) in [4.78, 5) is 25.0. The molecule has 0 aliphatic heterocycles. The van der Waals surface area contributed by atoms with Crippen LogP contribution in [-0.4, -0.2) is 32.3 Å². The van der Waals surface area contributed by atoms with Crippen LogP contribution in [0.5, 0.6) is 0 Å². The molecule has 0 saturated heterocycles. The van der Waals surface area contributed by atoms with E-state index in [1.54, 1.807) is 24.3 Å². The number of aryl methyl sites for hydroxylation is 2. The molecule has 7 nitrogen and oxygen atoms in total. The zero-order valence-corrected chi connectivity index (χ0v) is 20.0. The van der Waals surface area contributed by atoms with Crippen molar-refractivity contribution < 1.29 is 9.59 Å². The molecule has 32 heavy (non-hydrogen) atoms. The minimum atomic E-state index is -0.358. The Balaban J connectivity index is 1.63. The summed E-state index contributed by atoms with van der Waals surface area (Å²) >= 11 is 7.20. The van der Waals surface area contributed by atoms with Crippen molar-refractivity contribution in [2.24, 2.45) is 0 Å². The highest BCUT2D eigenvalue weighted by Gasteiger charge is 2.20. The number of hydrogen-bond acceptors (Lipinski definition) is 5. The summed E-state index contributed by atoms with van der Waals surface area (Å²) in [5.41, 5.74) is 3.43. The van der Waals surface area contributed by atoms with Crippen molar-refractivity contribution in [2.45, 2.75) is 45.4 Å². The highest BCUT2D eigenvalue weighted by molar-refractivity contribution is 7.99. The van der Waals surface area contributed by atoms with E-state index in [1.807, 2.05) is 50.5 Å².